The van der Waals surface area contributed by atoms with E-state index in [1.165, 1.54) is 12.6 Å². The van der Waals surface area contributed by atoms with Crippen molar-refractivity contribution in [1.29, 1.82) is 0 Å². The van der Waals surface area contributed by atoms with Gasteiger partial charge in [0.05, 0.1) is 6.42 Å². The number of rotatable bonds is 4. The zero-order valence-corrected chi connectivity index (χ0v) is 15.6. The molecule has 0 aromatic heterocycles. The van der Waals surface area contributed by atoms with Crippen molar-refractivity contribution in [3.05, 3.63) is 34.4 Å². The van der Waals surface area contributed by atoms with Crippen molar-refractivity contribution in [1.82, 2.24) is 10.6 Å². The van der Waals surface area contributed by atoms with Crippen LogP contribution >= 0.6 is 24.0 Å². The van der Waals surface area contributed by atoms with E-state index in [1.54, 1.807) is 0 Å². The van der Waals surface area contributed by atoms with Gasteiger partial charge in [-0.15, -0.1) is 24.0 Å². The van der Waals surface area contributed by atoms with Gasteiger partial charge in [0.25, 0.3) is 0 Å². The first-order valence-corrected chi connectivity index (χ1v) is 6.81. The van der Waals surface area contributed by atoms with E-state index < -0.39 is 12.6 Å². The molecule has 0 saturated heterocycles. The van der Waals surface area contributed by atoms with Gasteiger partial charge in [-0.2, -0.15) is 13.2 Å². The van der Waals surface area contributed by atoms with Crippen LogP contribution in [-0.4, -0.2) is 25.7 Å². The van der Waals surface area contributed by atoms with Crippen molar-refractivity contribution in [3.8, 4) is 0 Å². The van der Waals surface area contributed by atoms with Crippen molar-refractivity contribution in [3.63, 3.8) is 0 Å². The molecule has 0 aliphatic heterocycles. The molecule has 22 heavy (non-hydrogen) atoms. The lowest BCUT2D eigenvalue weighted by atomic mass is 10.00. The van der Waals surface area contributed by atoms with Gasteiger partial charge in [-0.25, -0.2) is 0 Å². The van der Waals surface area contributed by atoms with E-state index in [2.05, 4.69) is 27.8 Å². The summed E-state index contributed by atoms with van der Waals surface area (Å²) < 4.78 is 36.3. The van der Waals surface area contributed by atoms with Crippen molar-refractivity contribution in [2.45, 2.75) is 39.9 Å². The molecule has 0 aliphatic carbocycles. The van der Waals surface area contributed by atoms with Gasteiger partial charge < -0.3 is 10.6 Å². The van der Waals surface area contributed by atoms with E-state index in [0.717, 1.165) is 16.7 Å². The van der Waals surface area contributed by atoms with Crippen molar-refractivity contribution in [2.24, 2.45) is 4.99 Å². The topological polar surface area (TPSA) is 36.4 Å². The summed E-state index contributed by atoms with van der Waals surface area (Å²) in [4.78, 5) is 3.93. The lowest BCUT2D eigenvalue weighted by Gasteiger charge is -2.16. The zero-order chi connectivity index (χ0) is 16.0. The van der Waals surface area contributed by atoms with E-state index in [9.17, 15) is 13.2 Å². The summed E-state index contributed by atoms with van der Waals surface area (Å²) in [6.07, 6.45) is -5.04. The van der Waals surface area contributed by atoms with Crippen LogP contribution in [-0.2, 0) is 6.54 Å². The van der Waals surface area contributed by atoms with Crippen molar-refractivity contribution in [2.75, 3.05) is 13.6 Å². The molecule has 0 heterocycles. The Morgan fingerprint density at radius 2 is 1.64 bits per heavy atom. The summed E-state index contributed by atoms with van der Waals surface area (Å²) in [5.41, 5.74) is 4.65. The first-order chi connectivity index (χ1) is 9.73. The number of hydrogen-bond acceptors (Lipinski definition) is 1. The molecule has 126 valence electrons. The van der Waals surface area contributed by atoms with E-state index in [0.29, 0.717) is 12.5 Å². The fourth-order valence-corrected chi connectivity index (χ4v) is 2.20. The number of benzene rings is 1. The third kappa shape index (κ3) is 7.33. The van der Waals surface area contributed by atoms with Crippen LogP contribution in [0.1, 0.15) is 28.7 Å². The van der Waals surface area contributed by atoms with E-state index >= 15 is 0 Å². The van der Waals surface area contributed by atoms with Crippen molar-refractivity contribution >= 4 is 29.9 Å². The highest BCUT2D eigenvalue weighted by Crippen LogP contribution is 2.18. The quantitative estimate of drug-likeness (QED) is 0.434. The van der Waals surface area contributed by atoms with E-state index in [4.69, 9.17) is 0 Å². The standard InChI is InChI=1S/C15H22F3N3.HI/c1-10-7-11(2)13(12(3)8-10)9-21-14(19-4)20-6-5-15(16,17)18;/h7-8H,5-6,9H2,1-4H3,(H2,19,20,21);1H. The van der Waals surface area contributed by atoms with Crippen LogP contribution in [0.2, 0.25) is 0 Å². The average molecular weight is 429 g/mol. The Labute approximate surface area is 146 Å². The molecule has 1 aromatic rings. The van der Waals surface area contributed by atoms with Crippen LogP contribution in [0.15, 0.2) is 17.1 Å². The number of nitrogens with zero attached hydrogens (tertiary/aromatic N) is 1. The number of nitrogens with one attached hydrogen (secondary N) is 2. The molecule has 1 aromatic carbocycles. The lowest BCUT2D eigenvalue weighted by Crippen LogP contribution is -2.38. The number of halogens is 4. The maximum absolute atomic E-state index is 12.1. The maximum atomic E-state index is 12.1. The minimum absolute atomic E-state index is 0. The van der Waals surface area contributed by atoms with Crippen LogP contribution in [0, 0.1) is 20.8 Å². The third-order valence-electron chi connectivity index (χ3n) is 3.20. The summed E-state index contributed by atoms with van der Waals surface area (Å²) >= 11 is 0. The second-order valence-electron chi connectivity index (χ2n) is 5.09. The molecule has 7 heteroatoms. The molecule has 0 unspecified atom stereocenters. The molecule has 0 fully saturated rings. The Kier molecular flexibility index (Phi) is 8.80. The fourth-order valence-electron chi connectivity index (χ4n) is 2.20. The van der Waals surface area contributed by atoms with Crippen LogP contribution < -0.4 is 10.6 Å². The first-order valence-electron chi connectivity index (χ1n) is 6.81. The van der Waals surface area contributed by atoms with E-state index in [-0.39, 0.29) is 30.5 Å². The average Bonchev–Trinajstić information content (AvgIpc) is 2.33. The largest absolute Gasteiger partial charge is 0.390 e. The van der Waals surface area contributed by atoms with Crippen molar-refractivity contribution < 1.29 is 13.2 Å². The summed E-state index contributed by atoms with van der Waals surface area (Å²) in [7, 11) is 1.54. The molecule has 0 amide bonds. The minimum Gasteiger partial charge on any atom is -0.356 e. The van der Waals surface area contributed by atoms with Gasteiger partial charge >= 0.3 is 6.18 Å². The molecule has 0 atom stereocenters. The number of alkyl halides is 3. The minimum atomic E-state index is -4.16. The van der Waals surface area contributed by atoms with Gasteiger partial charge in [0.15, 0.2) is 5.96 Å². The lowest BCUT2D eigenvalue weighted by molar-refractivity contribution is -0.132. The second kappa shape index (κ2) is 9.22. The number of aryl methyl sites for hydroxylation is 3. The van der Waals surface area contributed by atoms with Gasteiger partial charge in [0, 0.05) is 20.1 Å². The Balaban J connectivity index is 0.00000441. The number of guanidine groups is 1. The smallest absolute Gasteiger partial charge is 0.356 e. The predicted molar refractivity (Wildman–Crippen MR) is 94.9 cm³/mol. The van der Waals surface area contributed by atoms with Gasteiger partial charge in [-0.3, -0.25) is 4.99 Å². The maximum Gasteiger partial charge on any atom is 0.390 e. The molecule has 2 N–H and O–H groups in total. The SMILES string of the molecule is CN=C(NCCC(F)(F)F)NCc1c(C)cc(C)cc1C.I. The molecular weight excluding hydrogens is 406 g/mol. The predicted octanol–water partition coefficient (Wildman–Crippen LogP) is 3.85. The zero-order valence-electron chi connectivity index (χ0n) is 13.3. The van der Waals surface area contributed by atoms with Gasteiger partial charge in [0.2, 0.25) is 0 Å². The second-order valence-corrected chi connectivity index (χ2v) is 5.09. The van der Waals surface area contributed by atoms with E-state index in [1.807, 2.05) is 20.8 Å². The molecule has 0 aliphatic rings. The van der Waals surface area contributed by atoms with Crippen LogP contribution in [0.3, 0.4) is 0 Å². The van der Waals surface area contributed by atoms with Gasteiger partial charge in [-0.1, -0.05) is 17.7 Å². The normalized spacial score (nSPS) is 11.9. The highest BCUT2D eigenvalue weighted by atomic mass is 127. The molecule has 0 saturated carbocycles. The molecular formula is C15H23F3IN3. The van der Waals surface area contributed by atoms with Crippen LogP contribution in [0.5, 0.6) is 0 Å². The molecule has 0 spiro atoms. The number of aliphatic imine (C=N–C) groups is 1. The summed E-state index contributed by atoms with van der Waals surface area (Å²) in [6.45, 7) is 6.43. The van der Waals surface area contributed by atoms with Crippen LogP contribution in [0.25, 0.3) is 0 Å². The Morgan fingerprint density at radius 3 is 2.09 bits per heavy atom. The van der Waals surface area contributed by atoms with Gasteiger partial charge in [-0.05, 0) is 37.5 Å². The molecule has 0 radical (unpaired) electrons. The highest BCUT2D eigenvalue weighted by molar-refractivity contribution is 14.0. The first kappa shape index (κ1) is 21.0. The Morgan fingerprint density at radius 1 is 1.09 bits per heavy atom. The molecule has 0 bridgehead atoms. The highest BCUT2D eigenvalue weighted by Gasteiger charge is 2.26. The Hall–Kier alpha value is -0.990. The van der Waals surface area contributed by atoms with Gasteiger partial charge in [0.1, 0.15) is 0 Å². The fraction of sp³-hybridized carbons (Fsp3) is 0.533. The summed E-state index contributed by atoms with van der Waals surface area (Å²) in [6, 6.07) is 4.17. The third-order valence-corrected chi connectivity index (χ3v) is 3.20. The van der Waals surface area contributed by atoms with Crippen LogP contribution in [0.4, 0.5) is 13.2 Å². The number of hydrogen-bond donors (Lipinski definition) is 2. The monoisotopic (exact) mass is 429 g/mol. The summed E-state index contributed by atoms with van der Waals surface area (Å²) in [5.74, 6) is 0.374. The molecule has 1 rings (SSSR count). The Bertz CT molecular complexity index is 490. The summed E-state index contributed by atoms with van der Waals surface area (Å²) in [5, 5.41) is 5.71. The molecule has 3 nitrogen and oxygen atoms in total.